The van der Waals surface area contributed by atoms with Gasteiger partial charge in [0.05, 0.1) is 11.1 Å². The average molecular weight is 334 g/mol. The van der Waals surface area contributed by atoms with Crippen LogP contribution in [0.4, 0.5) is 5.69 Å². The fraction of sp³-hybridized carbons (Fsp3) is 0.300. The first-order valence-electron chi connectivity index (χ1n) is 8.71. The molecule has 4 rings (SSSR count). The normalized spacial score (nSPS) is 16.2. The number of nitrogens with zero attached hydrogens (tertiary/aromatic N) is 3. The largest absolute Gasteiger partial charge is 0.306 e. The summed E-state index contributed by atoms with van der Waals surface area (Å²) >= 11 is 0. The van der Waals surface area contributed by atoms with E-state index in [1.807, 2.05) is 24.3 Å². The van der Waals surface area contributed by atoms with Crippen molar-refractivity contribution in [3.8, 4) is 0 Å². The number of hydrogen-bond donors (Lipinski definition) is 1. The van der Waals surface area contributed by atoms with E-state index in [-0.39, 0.29) is 5.56 Å². The van der Waals surface area contributed by atoms with Crippen LogP contribution in [0.3, 0.4) is 0 Å². The molecule has 128 valence electrons. The van der Waals surface area contributed by atoms with Crippen LogP contribution in [-0.2, 0) is 0 Å². The lowest BCUT2D eigenvalue weighted by Gasteiger charge is -2.29. The zero-order valence-corrected chi connectivity index (χ0v) is 14.4. The number of piperidine rings is 1. The van der Waals surface area contributed by atoms with Crippen molar-refractivity contribution in [1.29, 1.82) is 0 Å². The van der Waals surface area contributed by atoms with E-state index >= 15 is 0 Å². The maximum Gasteiger partial charge on any atom is 0.278 e. The minimum absolute atomic E-state index is 0.0926. The Labute approximate surface area is 146 Å². The summed E-state index contributed by atoms with van der Waals surface area (Å²) in [6.45, 7) is 2.32. The van der Waals surface area contributed by atoms with Crippen LogP contribution >= 0.6 is 0 Å². The molecule has 0 unspecified atom stereocenters. The van der Waals surface area contributed by atoms with Crippen LogP contribution in [0.25, 0.3) is 10.8 Å². The highest BCUT2D eigenvalue weighted by Gasteiger charge is 2.18. The number of benzene rings is 1. The van der Waals surface area contributed by atoms with Crippen molar-refractivity contribution in [3.63, 3.8) is 0 Å². The van der Waals surface area contributed by atoms with Crippen LogP contribution < -0.4 is 11.0 Å². The lowest BCUT2D eigenvalue weighted by atomic mass is 9.89. The second-order valence-electron chi connectivity index (χ2n) is 6.77. The topological polar surface area (TPSA) is 50.2 Å². The van der Waals surface area contributed by atoms with Crippen LogP contribution in [0.15, 0.2) is 59.8 Å². The van der Waals surface area contributed by atoms with Crippen LogP contribution in [0.2, 0.25) is 0 Å². The zero-order chi connectivity index (χ0) is 17.2. The summed E-state index contributed by atoms with van der Waals surface area (Å²) in [6, 6.07) is 12.2. The van der Waals surface area contributed by atoms with Crippen molar-refractivity contribution in [2.45, 2.75) is 18.8 Å². The van der Waals surface area contributed by atoms with Gasteiger partial charge in [0.2, 0.25) is 0 Å². The minimum atomic E-state index is -0.0926. The highest BCUT2D eigenvalue weighted by molar-refractivity contribution is 5.80. The summed E-state index contributed by atoms with van der Waals surface area (Å²) in [6.07, 6.45) is 7.48. The number of pyridine rings is 2. The van der Waals surface area contributed by atoms with Gasteiger partial charge in [0.25, 0.3) is 5.56 Å². The molecule has 2 aromatic heterocycles. The SMILES string of the molecule is CN1CCC(c2ccc(Nn3ccc4ccncc4c3=O)cc2)CC1. The first-order chi connectivity index (χ1) is 12.2. The maximum atomic E-state index is 12.5. The average Bonchev–Trinajstić information content (AvgIpc) is 2.66. The monoisotopic (exact) mass is 334 g/mol. The van der Waals surface area contributed by atoms with Gasteiger partial charge in [-0.2, -0.15) is 0 Å². The number of anilines is 1. The Bertz CT molecular complexity index is 924. The van der Waals surface area contributed by atoms with E-state index in [1.54, 1.807) is 18.6 Å². The molecular formula is C20H22N4O. The summed E-state index contributed by atoms with van der Waals surface area (Å²) < 4.78 is 1.51. The molecule has 3 aromatic rings. The van der Waals surface area contributed by atoms with Gasteiger partial charge >= 0.3 is 0 Å². The third kappa shape index (κ3) is 3.28. The summed E-state index contributed by atoms with van der Waals surface area (Å²) in [5.74, 6) is 0.639. The fourth-order valence-corrected chi connectivity index (χ4v) is 3.48. The van der Waals surface area contributed by atoms with Gasteiger partial charge in [0.1, 0.15) is 0 Å². The van der Waals surface area contributed by atoms with Crippen LogP contribution in [0.5, 0.6) is 0 Å². The molecule has 1 aromatic carbocycles. The molecule has 1 N–H and O–H groups in total. The van der Waals surface area contributed by atoms with Crippen LogP contribution in [0, 0.1) is 0 Å². The van der Waals surface area contributed by atoms with Crippen molar-refractivity contribution in [2.75, 3.05) is 25.6 Å². The third-order valence-corrected chi connectivity index (χ3v) is 5.06. The van der Waals surface area contributed by atoms with Gasteiger partial charge in [-0.05, 0) is 74.1 Å². The highest BCUT2D eigenvalue weighted by atomic mass is 16.1. The van der Waals surface area contributed by atoms with Gasteiger partial charge in [0, 0.05) is 18.6 Å². The molecule has 0 amide bonds. The molecule has 3 heterocycles. The number of likely N-dealkylation sites (tertiary alicyclic amines) is 1. The number of fused-ring (bicyclic) bond motifs is 1. The van der Waals surface area contributed by atoms with Crippen LogP contribution in [0.1, 0.15) is 24.3 Å². The molecule has 5 nitrogen and oxygen atoms in total. The van der Waals surface area contributed by atoms with Crippen molar-refractivity contribution in [1.82, 2.24) is 14.6 Å². The molecule has 1 saturated heterocycles. The van der Waals surface area contributed by atoms with E-state index in [1.165, 1.54) is 23.1 Å². The predicted molar refractivity (Wildman–Crippen MR) is 101 cm³/mol. The van der Waals surface area contributed by atoms with E-state index in [9.17, 15) is 4.79 Å². The first kappa shape index (κ1) is 15.8. The molecule has 5 heteroatoms. The summed E-state index contributed by atoms with van der Waals surface area (Å²) in [7, 11) is 2.18. The lowest BCUT2D eigenvalue weighted by molar-refractivity contribution is 0.255. The first-order valence-corrected chi connectivity index (χ1v) is 8.71. The Kier molecular flexibility index (Phi) is 4.24. The van der Waals surface area contributed by atoms with Crippen molar-refractivity contribution < 1.29 is 0 Å². The van der Waals surface area contributed by atoms with Crippen LogP contribution in [-0.4, -0.2) is 34.7 Å². The molecule has 1 aliphatic rings. The molecular weight excluding hydrogens is 312 g/mol. The van der Waals surface area contributed by atoms with Crippen molar-refractivity contribution in [2.24, 2.45) is 0 Å². The number of aromatic nitrogens is 2. The van der Waals surface area contributed by atoms with E-state index < -0.39 is 0 Å². The molecule has 0 aliphatic carbocycles. The molecule has 0 bridgehead atoms. The standard InChI is InChI=1S/C20H22N4O/c1-23-11-7-16(8-12-23)15-2-4-18(5-3-15)22-24-13-9-17-6-10-21-14-19(17)20(24)25/h2-6,9-10,13-14,16,22H,7-8,11-12H2,1H3. The third-order valence-electron chi connectivity index (χ3n) is 5.06. The molecule has 0 atom stereocenters. The van der Waals surface area contributed by atoms with Gasteiger partial charge in [-0.25, -0.2) is 4.68 Å². The van der Waals surface area contributed by atoms with Gasteiger partial charge in [-0.1, -0.05) is 12.1 Å². The predicted octanol–water partition coefficient (Wildman–Crippen LogP) is 3.08. The Balaban J connectivity index is 1.53. The quantitative estimate of drug-likeness (QED) is 0.800. The Morgan fingerprint density at radius 1 is 1.08 bits per heavy atom. The van der Waals surface area contributed by atoms with Gasteiger partial charge in [-0.3, -0.25) is 15.2 Å². The zero-order valence-electron chi connectivity index (χ0n) is 14.4. The van der Waals surface area contributed by atoms with Gasteiger partial charge < -0.3 is 4.90 Å². The summed E-state index contributed by atoms with van der Waals surface area (Å²) in [5, 5.41) is 1.51. The number of hydrogen-bond acceptors (Lipinski definition) is 4. The summed E-state index contributed by atoms with van der Waals surface area (Å²) in [5.41, 5.74) is 5.36. The molecule has 25 heavy (non-hydrogen) atoms. The summed E-state index contributed by atoms with van der Waals surface area (Å²) in [4.78, 5) is 19.0. The van der Waals surface area contributed by atoms with E-state index in [0.29, 0.717) is 11.3 Å². The highest BCUT2D eigenvalue weighted by Crippen LogP contribution is 2.28. The number of rotatable bonds is 3. The fourth-order valence-electron chi connectivity index (χ4n) is 3.48. The van der Waals surface area contributed by atoms with E-state index in [0.717, 1.165) is 24.2 Å². The van der Waals surface area contributed by atoms with Crippen molar-refractivity contribution >= 4 is 16.5 Å². The van der Waals surface area contributed by atoms with Gasteiger partial charge in [0.15, 0.2) is 0 Å². The molecule has 0 radical (unpaired) electrons. The Morgan fingerprint density at radius 2 is 1.84 bits per heavy atom. The molecule has 1 aliphatic heterocycles. The Hall–Kier alpha value is -2.66. The maximum absolute atomic E-state index is 12.5. The molecule has 0 saturated carbocycles. The Morgan fingerprint density at radius 3 is 2.60 bits per heavy atom. The van der Waals surface area contributed by atoms with Gasteiger partial charge in [-0.15, -0.1) is 0 Å². The number of nitrogens with one attached hydrogen (secondary N) is 1. The van der Waals surface area contributed by atoms with Crippen molar-refractivity contribution in [3.05, 3.63) is 70.9 Å². The molecule has 1 fully saturated rings. The lowest BCUT2D eigenvalue weighted by Crippen LogP contribution is -2.29. The smallest absolute Gasteiger partial charge is 0.278 e. The molecule has 0 spiro atoms. The second-order valence-corrected chi connectivity index (χ2v) is 6.77. The van der Waals surface area contributed by atoms with E-state index in [2.05, 4.69) is 34.5 Å². The van der Waals surface area contributed by atoms with E-state index in [4.69, 9.17) is 0 Å². The second kappa shape index (κ2) is 6.69. The minimum Gasteiger partial charge on any atom is -0.306 e.